The fourth-order valence-corrected chi connectivity index (χ4v) is 2.43. The number of para-hydroxylation sites is 1. The van der Waals surface area contributed by atoms with Gasteiger partial charge in [-0.25, -0.2) is 4.39 Å². The predicted molar refractivity (Wildman–Crippen MR) is 76.6 cm³/mol. The molecule has 0 fully saturated rings. The van der Waals surface area contributed by atoms with Crippen LogP contribution in [-0.4, -0.2) is 20.1 Å². The molecule has 0 heterocycles. The third-order valence-electron chi connectivity index (χ3n) is 3.76. The van der Waals surface area contributed by atoms with Gasteiger partial charge in [-0.05, 0) is 38.4 Å². The summed E-state index contributed by atoms with van der Waals surface area (Å²) >= 11 is 0. The van der Waals surface area contributed by atoms with Crippen LogP contribution in [0.2, 0.25) is 0 Å². The summed E-state index contributed by atoms with van der Waals surface area (Å²) in [5, 5.41) is 3.19. The Morgan fingerprint density at radius 2 is 1.89 bits per heavy atom. The number of nitrogens with zero attached hydrogens (tertiary/aromatic N) is 1. The summed E-state index contributed by atoms with van der Waals surface area (Å²) < 4.78 is 14.2. The van der Waals surface area contributed by atoms with Crippen LogP contribution in [0.15, 0.2) is 18.2 Å². The quantitative estimate of drug-likeness (QED) is 0.830. The Labute approximate surface area is 110 Å². The van der Waals surface area contributed by atoms with Crippen LogP contribution in [-0.2, 0) is 0 Å². The van der Waals surface area contributed by atoms with E-state index in [9.17, 15) is 4.39 Å². The Hall–Kier alpha value is -1.09. The topological polar surface area (TPSA) is 15.3 Å². The van der Waals surface area contributed by atoms with Crippen molar-refractivity contribution in [3.8, 4) is 0 Å². The highest BCUT2D eigenvalue weighted by molar-refractivity contribution is 5.56. The number of rotatable bonds is 6. The zero-order valence-corrected chi connectivity index (χ0v) is 12.1. The van der Waals surface area contributed by atoms with Crippen molar-refractivity contribution in [2.75, 3.05) is 19.0 Å². The minimum atomic E-state index is -0.135. The lowest BCUT2D eigenvalue weighted by Crippen LogP contribution is -2.32. The minimum absolute atomic E-state index is 0.135. The lowest BCUT2D eigenvalue weighted by atomic mass is 10.0. The zero-order valence-electron chi connectivity index (χ0n) is 12.1. The van der Waals surface area contributed by atoms with Crippen molar-refractivity contribution in [1.29, 1.82) is 0 Å². The minimum Gasteiger partial charge on any atom is -0.369 e. The lowest BCUT2D eigenvalue weighted by molar-refractivity contribution is 0.554. The van der Waals surface area contributed by atoms with Gasteiger partial charge < -0.3 is 10.2 Å². The molecule has 1 atom stereocenters. The first-order valence-corrected chi connectivity index (χ1v) is 6.75. The molecule has 0 radical (unpaired) electrons. The fraction of sp³-hybridized carbons (Fsp3) is 0.600. The lowest BCUT2D eigenvalue weighted by Gasteiger charge is -2.32. The van der Waals surface area contributed by atoms with Crippen molar-refractivity contribution < 1.29 is 4.39 Å². The summed E-state index contributed by atoms with van der Waals surface area (Å²) in [5.41, 5.74) is 1.75. The standard InChI is InChI=1S/C15H25FN2/c1-6-12(7-2)18(5)15-13(11(3)17-4)9-8-10-14(15)16/h8-12,17H,6-7H2,1-5H3. The van der Waals surface area contributed by atoms with E-state index in [1.165, 1.54) is 0 Å². The maximum Gasteiger partial charge on any atom is 0.146 e. The van der Waals surface area contributed by atoms with Gasteiger partial charge in [-0.2, -0.15) is 0 Å². The van der Waals surface area contributed by atoms with Crippen LogP contribution in [0.1, 0.15) is 45.2 Å². The van der Waals surface area contributed by atoms with Crippen LogP contribution in [0.25, 0.3) is 0 Å². The van der Waals surface area contributed by atoms with Crippen LogP contribution in [0.3, 0.4) is 0 Å². The Bertz CT molecular complexity index is 375. The maximum atomic E-state index is 14.2. The smallest absolute Gasteiger partial charge is 0.146 e. The van der Waals surface area contributed by atoms with E-state index in [1.807, 2.05) is 20.2 Å². The van der Waals surface area contributed by atoms with Gasteiger partial charge in [0.1, 0.15) is 5.82 Å². The second-order valence-corrected chi connectivity index (χ2v) is 4.77. The Balaban J connectivity index is 3.20. The molecule has 2 nitrogen and oxygen atoms in total. The van der Waals surface area contributed by atoms with Crippen molar-refractivity contribution in [2.45, 2.75) is 45.7 Å². The molecule has 0 aromatic heterocycles. The molecule has 18 heavy (non-hydrogen) atoms. The molecule has 1 aromatic rings. The maximum absolute atomic E-state index is 14.2. The van der Waals surface area contributed by atoms with Crippen molar-refractivity contribution in [3.05, 3.63) is 29.6 Å². The van der Waals surface area contributed by atoms with E-state index in [1.54, 1.807) is 12.1 Å². The molecule has 0 saturated carbocycles. The van der Waals surface area contributed by atoms with Crippen LogP contribution < -0.4 is 10.2 Å². The van der Waals surface area contributed by atoms with E-state index in [0.717, 1.165) is 24.1 Å². The van der Waals surface area contributed by atoms with E-state index in [0.29, 0.717) is 6.04 Å². The first-order valence-electron chi connectivity index (χ1n) is 6.75. The van der Waals surface area contributed by atoms with Gasteiger partial charge in [0.15, 0.2) is 0 Å². The van der Waals surface area contributed by atoms with Crippen LogP contribution in [0.5, 0.6) is 0 Å². The van der Waals surface area contributed by atoms with Crippen molar-refractivity contribution in [1.82, 2.24) is 5.32 Å². The molecule has 0 aliphatic carbocycles. The van der Waals surface area contributed by atoms with Gasteiger partial charge in [0.25, 0.3) is 0 Å². The number of nitrogens with one attached hydrogen (secondary N) is 1. The van der Waals surface area contributed by atoms with Gasteiger partial charge in [-0.3, -0.25) is 0 Å². The third-order valence-corrected chi connectivity index (χ3v) is 3.76. The van der Waals surface area contributed by atoms with E-state index in [-0.39, 0.29) is 11.9 Å². The number of halogens is 1. The molecule has 1 unspecified atom stereocenters. The molecule has 102 valence electrons. The van der Waals surface area contributed by atoms with E-state index >= 15 is 0 Å². The van der Waals surface area contributed by atoms with Gasteiger partial charge in [-0.1, -0.05) is 26.0 Å². The van der Waals surface area contributed by atoms with Crippen molar-refractivity contribution >= 4 is 5.69 Å². The summed E-state index contributed by atoms with van der Waals surface area (Å²) in [7, 11) is 3.89. The molecule has 1 aromatic carbocycles. The molecule has 1 rings (SSSR count). The van der Waals surface area contributed by atoms with Crippen molar-refractivity contribution in [3.63, 3.8) is 0 Å². The molecule has 0 bridgehead atoms. The van der Waals surface area contributed by atoms with Gasteiger partial charge in [0.05, 0.1) is 5.69 Å². The molecule has 0 saturated heterocycles. The van der Waals surface area contributed by atoms with E-state index < -0.39 is 0 Å². The summed E-state index contributed by atoms with van der Waals surface area (Å²) in [4.78, 5) is 2.08. The van der Waals surface area contributed by atoms with Gasteiger partial charge in [0, 0.05) is 19.1 Å². The van der Waals surface area contributed by atoms with Gasteiger partial charge in [0.2, 0.25) is 0 Å². The van der Waals surface area contributed by atoms with Crippen LogP contribution >= 0.6 is 0 Å². The second-order valence-electron chi connectivity index (χ2n) is 4.77. The number of hydrogen-bond acceptors (Lipinski definition) is 2. The summed E-state index contributed by atoms with van der Waals surface area (Å²) in [6.07, 6.45) is 2.05. The molecule has 0 spiro atoms. The second kappa shape index (κ2) is 6.74. The zero-order chi connectivity index (χ0) is 13.7. The van der Waals surface area contributed by atoms with Crippen molar-refractivity contribution in [2.24, 2.45) is 0 Å². The first-order chi connectivity index (χ1) is 8.56. The summed E-state index contributed by atoms with van der Waals surface area (Å²) in [6, 6.07) is 5.85. The van der Waals surface area contributed by atoms with Gasteiger partial charge in [-0.15, -0.1) is 0 Å². The predicted octanol–water partition coefficient (Wildman–Crippen LogP) is 3.73. The highest BCUT2D eigenvalue weighted by Gasteiger charge is 2.20. The molecular weight excluding hydrogens is 227 g/mol. The Morgan fingerprint density at radius 1 is 1.28 bits per heavy atom. The van der Waals surface area contributed by atoms with E-state index in [4.69, 9.17) is 0 Å². The largest absolute Gasteiger partial charge is 0.369 e. The molecular formula is C15H25FN2. The Morgan fingerprint density at radius 3 is 2.39 bits per heavy atom. The summed E-state index contributed by atoms with van der Waals surface area (Å²) in [6.45, 7) is 6.35. The third kappa shape index (κ3) is 3.02. The molecule has 0 aliphatic rings. The van der Waals surface area contributed by atoms with Crippen LogP contribution in [0, 0.1) is 5.82 Å². The fourth-order valence-electron chi connectivity index (χ4n) is 2.43. The highest BCUT2D eigenvalue weighted by Crippen LogP contribution is 2.30. The monoisotopic (exact) mass is 252 g/mol. The Kier molecular flexibility index (Phi) is 5.60. The normalized spacial score (nSPS) is 12.8. The SMILES string of the molecule is CCC(CC)N(C)c1c(F)cccc1C(C)NC. The molecule has 1 N–H and O–H groups in total. The van der Waals surface area contributed by atoms with E-state index in [2.05, 4.69) is 31.0 Å². The average molecular weight is 252 g/mol. The van der Waals surface area contributed by atoms with Crippen LogP contribution in [0.4, 0.5) is 10.1 Å². The molecule has 0 aliphatic heterocycles. The summed E-state index contributed by atoms with van der Waals surface area (Å²) in [5.74, 6) is -0.135. The van der Waals surface area contributed by atoms with Gasteiger partial charge >= 0.3 is 0 Å². The molecule has 0 amide bonds. The first kappa shape index (κ1) is 15.0. The number of benzene rings is 1. The number of hydrogen-bond donors (Lipinski definition) is 1. The molecule has 3 heteroatoms. The average Bonchev–Trinajstić information content (AvgIpc) is 2.38. The number of anilines is 1. The highest BCUT2D eigenvalue weighted by atomic mass is 19.1.